The molecule has 1 fully saturated rings. The molecule has 128 valence electrons. The van der Waals surface area contributed by atoms with Gasteiger partial charge in [0.2, 0.25) is 15.9 Å². The summed E-state index contributed by atoms with van der Waals surface area (Å²) in [5, 5.41) is 0. The van der Waals surface area contributed by atoms with Gasteiger partial charge in [0.05, 0.1) is 19.5 Å². The number of morpholine rings is 1. The van der Waals surface area contributed by atoms with Crippen LogP contribution in [0.4, 0.5) is 0 Å². The molecule has 1 heterocycles. The molecule has 7 heteroatoms. The van der Waals surface area contributed by atoms with E-state index < -0.39 is 10.0 Å². The zero-order chi connectivity index (χ0) is 16.9. The van der Waals surface area contributed by atoms with Crippen LogP contribution in [0.3, 0.4) is 0 Å². The number of hydrogen-bond acceptors (Lipinski definition) is 4. The van der Waals surface area contributed by atoms with Crippen molar-refractivity contribution in [2.24, 2.45) is 0 Å². The van der Waals surface area contributed by atoms with Crippen molar-refractivity contribution in [1.29, 1.82) is 0 Å². The topological polar surface area (TPSA) is 66.9 Å². The molecule has 0 unspecified atom stereocenters. The van der Waals surface area contributed by atoms with Crippen LogP contribution in [0.5, 0.6) is 0 Å². The minimum Gasteiger partial charge on any atom is -0.378 e. The Morgan fingerprint density at radius 3 is 2.39 bits per heavy atom. The number of amides is 1. The molecule has 2 rings (SSSR count). The first-order valence-electron chi connectivity index (χ1n) is 7.72. The predicted molar refractivity (Wildman–Crippen MR) is 88.4 cm³/mol. The van der Waals surface area contributed by atoms with Crippen LogP contribution in [0, 0.1) is 6.92 Å². The molecule has 23 heavy (non-hydrogen) atoms. The molecule has 1 aromatic carbocycles. The van der Waals surface area contributed by atoms with Crippen molar-refractivity contribution in [2.45, 2.75) is 19.9 Å². The van der Waals surface area contributed by atoms with Crippen LogP contribution in [-0.2, 0) is 26.1 Å². The molecule has 0 bridgehead atoms. The van der Waals surface area contributed by atoms with E-state index in [0.717, 1.165) is 11.1 Å². The molecule has 1 aromatic rings. The third kappa shape index (κ3) is 5.60. The van der Waals surface area contributed by atoms with Crippen molar-refractivity contribution >= 4 is 15.9 Å². The first-order valence-corrected chi connectivity index (χ1v) is 9.57. The molecule has 0 N–H and O–H groups in total. The standard InChI is InChI=1S/C16H24N2O4S/c1-14-3-5-15(6-4-14)13-18(23(2,20)21)8-7-16(19)17-9-11-22-12-10-17/h3-6H,7-13H2,1-2H3. The molecule has 0 aromatic heterocycles. The summed E-state index contributed by atoms with van der Waals surface area (Å²) in [5.41, 5.74) is 2.04. The van der Waals surface area contributed by atoms with E-state index in [1.54, 1.807) is 4.90 Å². The lowest BCUT2D eigenvalue weighted by atomic mass is 10.1. The number of hydrogen-bond donors (Lipinski definition) is 0. The van der Waals surface area contributed by atoms with Gasteiger partial charge in [0, 0.05) is 32.6 Å². The number of ether oxygens (including phenoxy) is 1. The van der Waals surface area contributed by atoms with Gasteiger partial charge in [-0.1, -0.05) is 29.8 Å². The molecule has 1 saturated heterocycles. The average Bonchev–Trinajstić information content (AvgIpc) is 2.52. The zero-order valence-corrected chi connectivity index (χ0v) is 14.5. The van der Waals surface area contributed by atoms with Gasteiger partial charge in [0.15, 0.2) is 0 Å². The van der Waals surface area contributed by atoms with E-state index in [1.807, 2.05) is 31.2 Å². The number of nitrogens with zero attached hydrogens (tertiary/aromatic N) is 2. The van der Waals surface area contributed by atoms with E-state index in [2.05, 4.69) is 0 Å². The Hall–Kier alpha value is -1.44. The summed E-state index contributed by atoms with van der Waals surface area (Å²) in [6.45, 7) is 4.72. The van der Waals surface area contributed by atoms with E-state index in [-0.39, 0.29) is 25.4 Å². The lowest BCUT2D eigenvalue weighted by Crippen LogP contribution is -2.42. The summed E-state index contributed by atoms with van der Waals surface area (Å²) >= 11 is 0. The van der Waals surface area contributed by atoms with Crippen LogP contribution in [0.2, 0.25) is 0 Å². The van der Waals surface area contributed by atoms with Gasteiger partial charge in [-0.05, 0) is 12.5 Å². The lowest BCUT2D eigenvalue weighted by molar-refractivity contribution is -0.135. The van der Waals surface area contributed by atoms with Gasteiger partial charge in [-0.3, -0.25) is 4.79 Å². The molecule has 1 aliphatic rings. The number of benzene rings is 1. The van der Waals surface area contributed by atoms with Crippen molar-refractivity contribution in [3.05, 3.63) is 35.4 Å². The summed E-state index contributed by atoms with van der Waals surface area (Å²) in [6, 6.07) is 7.73. The fourth-order valence-electron chi connectivity index (χ4n) is 2.45. The maximum atomic E-state index is 12.2. The van der Waals surface area contributed by atoms with E-state index in [0.29, 0.717) is 26.3 Å². The monoisotopic (exact) mass is 340 g/mol. The van der Waals surface area contributed by atoms with Crippen molar-refractivity contribution in [2.75, 3.05) is 39.1 Å². The Kier molecular flexibility index (Phi) is 6.15. The number of sulfonamides is 1. The van der Waals surface area contributed by atoms with Crippen molar-refractivity contribution < 1.29 is 17.9 Å². The quantitative estimate of drug-likeness (QED) is 0.775. The number of carbonyl (C=O) groups excluding carboxylic acids is 1. The van der Waals surface area contributed by atoms with Crippen LogP contribution < -0.4 is 0 Å². The fourth-order valence-corrected chi connectivity index (χ4v) is 3.26. The van der Waals surface area contributed by atoms with Crippen LogP contribution >= 0.6 is 0 Å². The number of aryl methyl sites for hydroxylation is 1. The molecule has 1 aliphatic heterocycles. The lowest BCUT2D eigenvalue weighted by Gasteiger charge is -2.28. The Bertz CT molecular complexity index is 622. The van der Waals surface area contributed by atoms with E-state index in [1.165, 1.54) is 10.6 Å². The van der Waals surface area contributed by atoms with E-state index >= 15 is 0 Å². The van der Waals surface area contributed by atoms with E-state index in [4.69, 9.17) is 4.74 Å². The second-order valence-corrected chi connectivity index (χ2v) is 7.81. The van der Waals surface area contributed by atoms with Gasteiger partial charge in [0.25, 0.3) is 0 Å². The SMILES string of the molecule is Cc1ccc(CN(CCC(=O)N2CCOCC2)S(C)(=O)=O)cc1. The average molecular weight is 340 g/mol. The molecule has 0 radical (unpaired) electrons. The van der Waals surface area contributed by atoms with Crippen LogP contribution in [0.25, 0.3) is 0 Å². The molecule has 1 amide bonds. The molecular weight excluding hydrogens is 316 g/mol. The van der Waals surface area contributed by atoms with Crippen molar-refractivity contribution in [1.82, 2.24) is 9.21 Å². The van der Waals surface area contributed by atoms with Gasteiger partial charge in [-0.2, -0.15) is 4.31 Å². The molecule has 0 spiro atoms. The molecule has 0 aliphatic carbocycles. The summed E-state index contributed by atoms with van der Waals surface area (Å²) in [7, 11) is -3.36. The minimum absolute atomic E-state index is 0.0224. The second-order valence-electron chi connectivity index (χ2n) is 5.83. The Morgan fingerprint density at radius 1 is 1.22 bits per heavy atom. The third-order valence-corrected chi connectivity index (χ3v) is 5.14. The zero-order valence-electron chi connectivity index (χ0n) is 13.7. The van der Waals surface area contributed by atoms with Crippen molar-refractivity contribution in [3.8, 4) is 0 Å². The number of rotatable bonds is 6. The fraction of sp³-hybridized carbons (Fsp3) is 0.562. The highest BCUT2D eigenvalue weighted by Gasteiger charge is 2.21. The summed E-state index contributed by atoms with van der Waals surface area (Å²) < 4.78 is 30.5. The van der Waals surface area contributed by atoms with Gasteiger partial charge in [-0.25, -0.2) is 8.42 Å². The number of carbonyl (C=O) groups is 1. The Morgan fingerprint density at radius 2 is 1.83 bits per heavy atom. The minimum atomic E-state index is -3.36. The summed E-state index contributed by atoms with van der Waals surface area (Å²) in [5.74, 6) is -0.0224. The van der Waals surface area contributed by atoms with Crippen LogP contribution in [-0.4, -0.2) is 62.6 Å². The van der Waals surface area contributed by atoms with E-state index in [9.17, 15) is 13.2 Å². The normalized spacial score (nSPS) is 15.9. The molecular formula is C16H24N2O4S. The second kappa shape index (κ2) is 7.90. The Balaban J connectivity index is 1.96. The summed E-state index contributed by atoms with van der Waals surface area (Å²) in [4.78, 5) is 13.9. The maximum Gasteiger partial charge on any atom is 0.224 e. The van der Waals surface area contributed by atoms with Gasteiger partial charge in [0.1, 0.15) is 0 Å². The highest BCUT2D eigenvalue weighted by atomic mass is 32.2. The predicted octanol–water partition coefficient (Wildman–Crippen LogP) is 1.01. The van der Waals surface area contributed by atoms with Gasteiger partial charge < -0.3 is 9.64 Å². The smallest absolute Gasteiger partial charge is 0.224 e. The maximum absolute atomic E-state index is 12.2. The third-order valence-electron chi connectivity index (χ3n) is 3.89. The first kappa shape index (κ1) is 17.9. The van der Waals surface area contributed by atoms with Gasteiger partial charge >= 0.3 is 0 Å². The van der Waals surface area contributed by atoms with Gasteiger partial charge in [-0.15, -0.1) is 0 Å². The highest BCUT2D eigenvalue weighted by molar-refractivity contribution is 7.88. The highest BCUT2D eigenvalue weighted by Crippen LogP contribution is 2.11. The first-order chi connectivity index (χ1) is 10.9. The Labute approximate surface area is 138 Å². The van der Waals surface area contributed by atoms with Crippen LogP contribution in [0.15, 0.2) is 24.3 Å². The molecule has 6 nitrogen and oxygen atoms in total. The molecule has 0 saturated carbocycles. The largest absolute Gasteiger partial charge is 0.378 e. The van der Waals surface area contributed by atoms with Crippen molar-refractivity contribution in [3.63, 3.8) is 0 Å². The van der Waals surface area contributed by atoms with Crippen LogP contribution in [0.1, 0.15) is 17.5 Å². The summed E-state index contributed by atoms with van der Waals surface area (Å²) in [6.07, 6.45) is 1.37. The molecule has 0 atom stereocenters.